The van der Waals surface area contributed by atoms with E-state index in [1.54, 1.807) is 0 Å². The zero-order chi connectivity index (χ0) is 11.0. The van der Waals surface area contributed by atoms with Crippen LogP contribution in [0.2, 0.25) is 5.02 Å². The molecule has 0 bridgehead atoms. The van der Waals surface area contributed by atoms with Gasteiger partial charge in [0.15, 0.2) is 0 Å². The molecule has 78 valence electrons. The standard InChI is InChI=1S/C8H4BrClFN3O/c9-5-1-4(11)2-6(10)7(5)14-3-12-13-8(14)15/h1-3H,(H,13,15). The van der Waals surface area contributed by atoms with E-state index in [4.69, 9.17) is 11.6 Å². The van der Waals surface area contributed by atoms with Crippen molar-refractivity contribution in [2.45, 2.75) is 0 Å². The van der Waals surface area contributed by atoms with Gasteiger partial charge < -0.3 is 0 Å². The van der Waals surface area contributed by atoms with E-state index in [-0.39, 0.29) is 5.02 Å². The van der Waals surface area contributed by atoms with Crippen LogP contribution in [0.3, 0.4) is 0 Å². The highest BCUT2D eigenvalue weighted by atomic mass is 79.9. The smallest absolute Gasteiger partial charge is 0.247 e. The average Bonchev–Trinajstić information content (AvgIpc) is 2.50. The first-order chi connectivity index (χ1) is 7.09. The fraction of sp³-hybridized carbons (Fsp3) is 0. The van der Waals surface area contributed by atoms with Gasteiger partial charge in [-0.25, -0.2) is 18.9 Å². The Morgan fingerprint density at radius 1 is 1.53 bits per heavy atom. The Kier molecular flexibility index (Phi) is 2.62. The van der Waals surface area contributed by atoms with Gasteiger partial charge >= 0.3 is 5.69 Å². The Hall–Kier alpha value is -1.14. The zero-order valence-corrected chi connectivity index (χ0v) is 9.51. The van der Waals surface area contributed by atoms with Gasteiger partial charge in [0, 0.05) is 4.47 Å². The van der Waals surface area contributed by atoms with Crippen molar-refractivity contribution >= 4 is 27.5 Å². The van der Waals surface area contributed by atoms with Crippen molar-refractivity contribution in [3.63, 3.8) is 0 Å². The average molecular weight is 292 g/mol. The zero-order valence-electron chi connectivity index (χ0n) is 7.17. The second kappa shape index (κ2) is 3.79. The van der Waals surface area contributed by atoms with Gasteiger partial charge in [-0.3, -0.25) is 0 Å². The lowest BCUT2D eigenvalue weighted by Gasteiger charge is -2.06. The molecule has 0 unspecified atom stereocenters. The molecule has 0 spiro atoms. The highest BCUT2D eigenvalue weighted by molar-refractivity contribution is 9.10. The minimum Gasteiger partial charge on any atom is -0.247 e. The molecule has 0 fully saturated rings. The Morgan fingerprint density at radius 2 is 2.27 bits per heavy atom. The number of aromatic nitrogens is 3. The summed E-state index contributed by atoms with van der Waals surface area (Å²) in [5, 5.41) is 5.91. The molecule has 2 aromatic rings. The predicted octanol–water partition coefficient (Wildman–Crippen LogP) is 2.12. The molecule has 1 heterocycles. The molecule has 0 aliphatic heterocycles. The lowest BCUT2D eigenvalue weighted by atomic mass is 10.3. The molecule has 1 aromatic heterocycles. The number of nitrogens with zero attached hydrogens (tertiary/aromatic N) is 2. The molecule has 15 heavy (non-hydrogen) atoms. The van der Waals surface area contributed by atoms with Crippen molar-refractivity contribution in [3.8, 4) is 5.69 Å². The molecule has 0 aliphatic rings. The molecule has 0 saturated carbocycles. The van der Waals surface area contributed by atoms with Crippen molar-refractivity contribution in [2.75, 3.05) is 0 Å². The van der Waals surface area contributed by atoms with Crippen LogP contribution in [0, 0.1) is 5.82 Å². The molecule has 0 aliphatic carbocycles. The summed E-state index contributed by atoms with van der Waals surface area (Å²) in [7, 11) is 0. The van der Waals surface area contributed by atoms with Gasteiger partial charge in [-0.2, -0.15) is 5.10 Å². The maximum Gasteiger partial charge on any atom is 0.347 e. The number of hydrogen-bond acceptors (Lipinski definition) is 2. The van der Waals surface area contributed by atoms with Crippen LogP contribution >= 0.6 is 27.5 Å². The Balaban J connectivity index is 2.74. The van der Waals surface area contributed by atoms with Crippen LogP contribution < -0.4 is 5.69 Å². The van der Waals surface area contributed by atoms with Crippen molar-refractivity contribution in [2.24, 2.45) is 0 Å². The van der Waals surface area contributed by atoms with Gasteiger partial charge in [0.25, 0.3) is 0 Å². The predicted molar refractivity (Wildman–Crippen MR) is 56.9 cm³/mol. The number of aromatic amines is 1. The molecule has 0 amide bonds. The topological polar surface area (TPSA) is 50.7 Å². The van der Waals surface area contributed by atoms with Crippen LogP contribution in [0.5, 0.6) is 0 Å². The molecular formula is C8H4BrClFN3O. The summed E-state index contributed by atoms with van der Waals surface area (Å²) in [6, 6.07) is 2.35. The Morgan fingerprint density at radius 3 is 2.80 bits per heavy atom. The van der Waals surface area contributed by atoms with Crippen molar-refractivity contribution in [1.29, 1.82) is 0 Å². The summed E-state index contributed by atoms with van der Waals surface area (Å²) in [5.41, 5.74) is -0.0824. The van der Waals surface area contributed by atoms with Crippen molar-refractivity contribution in [1.82, 2.24) is 14.8 Å². The minimum atomic E-state index is -0.479. The van der Waals surface area contributed by atoms with E-state index in [2.05, 4.69) is 26.1 Å². The summed E-state index contributed by atoms with van der Waals surface area (Å²) in [4.78, 5) is 11.3. The van der Waals surface area contributed by atoms with Crippen LogP contribution in [-0.2, 0) is 0 Å². The van der Waals surface area contributed by atoms with Gasteiger partial charge in [0.2, 0.25) is 0 Å². The van der Waals surface area contributed by atoms with Gasteiger partial charge in [-0.1, -0.05) is 11.6 Å². The van der Waals surface area contributed by atoms with Crippen molar-refractivity contribution in [3.05, 3.63) is 44.3 Å². The van der Waals surface area contributed by atoms with Gasteiger partial charge in [-0.05, 0) is 28.1 Å². The third kappa shape index (κ3) is 1.82. The second-order valence-corrected chi connectivity index (χ2v) is 4.01. The molecule has 0 atom stereocenters. The van der Waals surface area contributed by atoms with Gasteiger partial charge in [0.1, 0.15) is 12.1 Å². The van der Waals surface area contributed by atoms with Crippen LogP contribution in [0.15, 0.2) is 27.7 Å². The van der Waals surface area contributed by atoms with Gasteiger partial charge in [-0.15, -0.1) is 0 Å². The lowest BCUT2D eigenvalue weighted by molar-refractivity contribution is 0.626. The van der Waals surface area contributed by atoms with Crippen LogP contribution in [0.4, 0.5) is 4.39 Å². The summed E-state index contributed by atoms with van der Waals surface area (Å²) in [5.74, 6) is -0.479. The van der Waals surface area contributed by atoms with E-state index < -0.39 is 11.5 Å². The molecule has 0 saturated heterocycles. The quantitative estimate of drug-likeness (QED) is 0.875. The first kappa shape index (κ1) is 10.4. The summed E-state index contributed by atoms with van der Waals surface area (Å²) in [6.45, 7) is 0. The third-order valence-electron chi connectivity index (χ3n) is 1.77. The summed E-state index contributed by atoms with van der Waals surface area (Å²) >= 11 is 8.95. The number of nitrogens with one attached hydrogen (secondary N) is 1. The molecule has 1 aromatic carbocycles. The molecule has 4 nitrogen and oxygen atoms in total. The SMILES string of the molecule is O=c1[nH]ncn1-c1c(Cl)cc(F)cc1Br. The number of benzene rings is 1. The first-order valence-corrected chi connectivity index (χ1v) is 5.03. The van der Waals surface area contributed by atoms with Gasteiger partial charge in [0.05, 0.1) is 10.7 Å². The number of hydrogen-bond donors (Lipinski definition) is 1. The van der Waals surface area contributed by atoms with Crippen LogP contribution in [-0.4, -0.2) is 14.8 Å². The fourth-order valence-corrected chi connectivity index (χ4v) is 2.21. The third-order valence-corrected chi connectivity index (χ3v) is 2.67. The van der Waals surface area contributed by atoms with Crippen LogP contribution in [0.25, 0.3) is 5.69 Å². The second-order valence-electron chi connectivity index (χ2n) is 2.75. The van der Waals surface area contributed by atoms with E-state index in [9.17, 15) is 9.18 Å². The number of rotatable bonds is 1. The molecule has 2 rings (SSSR count). The Bertz CT molecular complexity index is 542. The van der Waals surface area contributed by atoms with Crippen molar-refractivity contribution < 1.29 is 4.39 Å². The van der Waals surface area contributed by atoms with E-state index in [0.29, 0.717) is 10.2 Å². The highest BCUT2D eigenvalue weighted by Crippen LogP contribution is 2.28. The molecule has 1 N–H and O–H groups in total. The van der Waals surface area contributed by atoms with E-state index in [1.807, 2.05) is 0 Å². The maximum atomic E-state index is 12.9. The normalized spacial score (nSPS) is 10.6. The number of H-pyrrole nitrogens is 1. The monoisotopic (exact) mass is 291 g/mol. The van der Waals surface area contributed by atoms with E-state index in [1.165, 1.54) is 17.0 Å². The van der Waals surface area contributed by atoms with Crippen LogP contribution in [0.1, 0.15) is 0 Å². The lowest BCUT2D eigenvalue weighted by Crippen LogP contribution is -2.15. The molecular weight excluding hydrogens is 288 g/mol. The maximum absolute atomic E-state index is 12.9. The molecule has 0 radical (unpaired) electrons. The summed E-state index contributed by atoms with van der Waals surface area (Å²) < 4.78 is 14.5. The molecule has 7 heteroatoms. The Labute approximate surface area is 96.8 Å². The highest BCUT2D eigenvalue weighted by Gasteiger charge is 2.12. The number of halogens is 3. The summed E-state index contributed by atoms with van der Waals surface area (Å²) in [6.07, 6.45) is 1.27. The minimum absolute atomic E-state index is 0.130. The fourth-order valence-electron chi connectivity index (χ4n) is 1.17. The van der Waals surface area contributed by atoms with E-state index >= 15 is 0 Å². The first-order valence-electron chi connectivity index (χ1n) is 3.86. The largest absolute Gasteiger partial charge is 0.347 e. The van der Waals surface area contributed by atoms with E-state index in [0.717, 1.165) is 6.07 Å².